The Labute approximate surface area is 155 Å². The fourth-order valence-electron chi connectivity index (χ4n) is 2.07. The van der Waals surface area contributed by atoms with Crippen LogP contribution in [0.5, 0.6) is 5.75 Å². The van der Waals surface area contributed by atoms with Crippen molar-refractivity contribution in [1.82, 2.24) is 0 Å². The first-order valence-corrected chi connectivity index (χ1v) is 8.06. The van der Waals surface area contributed by atoms with E-state index in [9.17, 15) is 14.0 Å². The van der Waals surface area contributed by atoms with Gasteiger partial charge in [-0.05, 0) is 37.3 Å². The molecule has 26 heavy (non-hydrogen) atoms. The SMILES string of the molecule is COc1ccccc1NC(=O)[C@H](C)OC(=O)/C=C/c1c(F)cccc1Cl. The smallest absolute Gasteiger partial charge is 0.331 e. The number of anilines is 1. The molecule has 2 aromatic rings. The van der Waals surface area contributed by atoms with Crippen LogP contribution >= 0.6 is 11.6 Å². The van der Waals surface area contributed by atoms with Crippen molar-refractivity contribution in [2.45, 2.75) is 13.0 Å². The number of ether oxygens (including phenoxy) is 2. The molecule has 0 spiro atoms. The summed E-state index contributed by atoms with van der Waals surface area (Å²) in [6.45, 7) is 1.42. The Kier molecular flexibility index (Phi) is 6.74. The second kappa shape index (κ2) is 9.01. The number of methoxy groups -OCH3 is 1. The maximum Gasteiger partial charge on any atom is 0.331 e. The number of carbonyl (C=O) groups excluding carboxylic acids is 2. The summed E-state index contributed by atoms with van der Waals surface area (Å²) in [6, 6.07) is 11.0. The van der Waals surface area contributed by atoms with E-state index in [2.05, 4.69) is 5.32 Å². The Morgan fingerprint density at radius 1 is 1.19 bits per heavy atom. The van der Waals surface area contributed by atoms with E-state index in [-0.39, 0.29) is 10.6 Å². The van der Waals surface area contributed by atoms with E-state index >= 15 is 0 Å². The molecule has 0 unspecified atom stereocenters. The molecule has 1 amide bonds. The average Bonchev–Trinajstić information content (AvgIpc) is 2.61. The summed E-state index contributed by atoms with van der Waals surface area (Å²) in [5, 5.41) is 2.78. The van der Waals surface area contributed by atoms with Gasteiger partial charge in [0.25, 0.3) is 5.91 Å². The van der Waals surface area contributed by atoms with Crippen LogP contribution in [0.25, 0.3) is 6.08 Å². The van der Waals surface area contributed by atoms with Gasteiger partial charge in [0.05, 0.1) is 17.8 Å². The van der Waals surface area contributed by atoms with E-state index in [4.69, 9.17) is 21.1 Å². The van der Waals surface area contributed by atoms with Crippen molar-refractivity contribution in [3.63, 3.8) is 0 Å². The molecule has 0 saturated heterocycles. The fraction of sp³-hybridized carbons (Fsp3) is 0.158. The summed E-state index contributed by atoms with van der Waals surface area (Å²) < 4.78 is 23.8. The van der Waals surface area contributed by atoms with Gasteiger partial charge in [0.15, 0.2) is 6.10 Å². The highest BCUT2D eigenvalue weighted by Crippen LogP contribution is 2.23. The summed E-state index contributed by atoms with van der Waals surface area (Å²) in [5.74, 6) is -1.41. The molecule has 7 heteroatoms. The summed E-state index contributed by atoms with van der Waals surface area (Å²) in [6.07, 6.45) is 1.15. The Bertz CT molecular complexity index is 818. The number of halogens is 2. The van der Waals surface area contributed by atoms with E-state index < -0.39 is 23.8 Å². The minimum Gasteiger partial charge on any atom is -0.495 e. The van der Waals surface area contributed by atoms with Crippen LogP contribution in [0.15, 0.2) is 48.5 Å². The molecule has 0 bridgehead atoms. The van der Waals surface area contributed by atoms with Gasteiger partial charge in [-0.1, -0.05) is 29.8 Å². The second-order valence-corrected chi connectivity index (χ2v) is 5.64. The molecule has 0 radical (unpaired) electrons. The predicted molar refractivity (Wildman–Crippen MR) is 97.6 cm³/mol. The van der Waals surface area contributed by atoms with Gasteiger partial charge < -0.3 is 14.8 Å². The minimum absolute atomic E-state index is 0.0669. The van der Waals surface area contributed by atoms with Crippen molar-refractivity contribution in [2.75, 3.05) is 12.4 Å². The topological polar surface area (TPSA) is 64.6 Å². The largest absolute Gasteiger partial charge is 0.495 e. The highest BCUT2D eigenvalue weighted by atomic mass is 35.5. The third-order valence-electron chi connectivity index (χ3n) is 3.41. The lowest BCUT2D eigenvalue weighted by molar-refractivity contribution is -0.148. The molecule has 0 aliphatic carbocycles. The third kappa shape index (κ3) is 5.07. The van der Waals surface area contributed by atoms with Gasteiger partial charge in [-0.15, -0.1) is 0 Å². The zero-order valence-electron chi connectivity index (χ0n) is 14.2. The third-order valence-corrected chi connectivity index (χ3v) is 3.74. The van der Waals surface area contributed by atoms with Crippen LogP contribution in [0.2, 0.25) is 5.02 Å². The Morgan fingerprint density at radius 3 is 2.62 bits per heavy atom. The Hall–Kier alpha value is -2.86. The predicted octanol–water partition coefficient (Wildman–Crippen LogP) is 4.07. The maximum absolute atomic E-state index is 13.6. The molecule has 0 saturated carbocycles. The molecule has 0 aliphatic heterocycles. The van der Waals surface area contributed by atoms with Crippen molar-refractivity contribution >= 4 is 35.2 Å². The molecule has 136 valence electrons. The normalized spacial score (nSPS) is 11.8. The molecule has 2 aromatic carbocycles. The van der Waals surface area contributed by atoms with E-state index in [0.717, 1.165) is 6.08 Å². The van der Waals surface area contributed by atoms with Crippen LogP contribution in [0.3, 0.4) is 0 Å². The highest BCUT2D eigenvalue weighted by Gasteiger charge is 2.18. The van der Waals surface area contributed by atoms with Crippen molar-refractivity contribution in [1.29, 1.82) is 0 Å². The first kappa shape index (κ1) is 19.5. The Balaban J connectivity index is 1.98. The van der Waals surface area contributed by atoms with Gasteiger partial charge in [0, 0.05) is 11.6 Å². The quantitative estimate of drug-likeness (QED) is 0.608. The van der Waals surface area contributed by atoms with Crippen LogP contribution in [-0.2, 0) is 14.3 Å². The number of hydrogen-bond donors (Lipinski definition) is 1. The van der Waals surface area contributed by atoms with Gasteiger partial charge in [-0.2, -0.15) is 0 Å². The first-order chi connectivity index (χ1) is 12.4. The van der Waals surface area contributed by atoms with Gasteiger partial charge >= 0.3 is 5.97 Å². The van der Waals surface area contributed by atoms with Crippen LogP contribution in [0, 0.1) is 5.82 Å². The molecule has 5 nitrogen and oxygen atoms in total. The molecule has 1 atom stereocenters. The van der Waals surface area contributed by atoms with Crippen molar-refractivity contribution in [3.8, 4) is 5.75 Å². The number of benzene rings is 2. The van der Waals surface area contributed by atoms with E-state index in [1.807, 2.05) is 0 Å². The van der Waals surface area contributed by atoms with Gasteiger partial charge in [0.2, 0.25) is 0 Å². The number of nitrogens with one attached hydrogen (secondary N) is 1. The molecular formula is C19H17ClFNO4. The van der Waals surface area contributed by atoms with Gasteiger partial charge in [0.1, 0.15) is 11.6 Å². The lowest BCUT2D eigenvalue weighted by atomic mass is 10.2. The maximum atomic E-state index is 13.6. The lowest BCUT2D eigenvalue weighted by Crippen LogP contribution is -2.29. The van der Waals surface area contributed by atoms with Crippen molar-refractivity contribution < 1.29 is 23.5 Å². The standard InChI is InChI=1S/C19H17ClFNO4/c1-12(19(24)22-16-8-3-4-9-17(16)25-2)26-18(23)11-10-13-14(20)6-5-7-15(13)21/h3-12H,1-2H3,(H,22,24)/b11-10+/t12-/m0/s1. The fourth-order valence-corrected chi connectivity index (χ4v) is 2.30. The molecule has 0 aromatic heterocycles. The lowest BCUT2D eigenvalue weighted by Gasteiger charge is -2.14. The van der Waals surface area contributed by atoms with Gasteiger partial charge in [-0.3, -0.25) is 4.79 Å². The van der Waals surface area contributed by atoms with E-state index in [1.165, 1.54) is 38.3 Å². The average molecular weight is 378 g/mol. The number of esters is 1. The molecule has 0 fully saturated rings. The second-order valence-electron chi connectivity index (χ2n) is 5.24. The molecule has 0 aliphatic rings. The van der Waals surface area contributed by atoms with Crippen molar-refractivity contribution in [3.05, 3.63) is 64.9 Å². The summed E-state index contributed by atoms with van der Waals surface area (Å²) in [4.78, 5) is 24.0. The van der Waals surface area contributed by atoms with E-state index in [0.29, 0.717) is 11.4 Å². The molecule has 0 heterocycles. The summed E-state index contributed by atoms with van der Waals surface area (Å²) >= 11 is 5.87. The number of rotatable bonds is 6. The minimum atomic E-state index is -1.06. The molecule has 1 N–H and O–H groups in total. The zero-order valence-corrected chi connectivity index (χ0v) is 14.9. The summed E-state index contributed by atoms with van der Waals surface area (Å²) in [7, 11) is 1.48. The number of amides is 1. The zero-order chi connectivity index (χ0) is 19.1. The van der Waals surface area contributed by atoms with Crippen LogP contribution < -0.4 is 10.1 Å². The number of hydrogen-bond acceptors (Lipinski definition) is 4. The van der Waals surface area contributed by atoms with E-state index in [1.54, 1.807) is 24.3 Å². The van der Waals surface area contributed by atoms with Crippen LogP contribution in [0.1, 0.15) is 12.5 Å². The first-order valence-electron chi connectivity index (χ1n) is 7.69. The molecular weight excluding hydrogens is 361 g/mol. The monoisotopic (exact) mass is 377 g/mol. The van der Waals surface area contributed by atoms with Crippen LogP contribution in [-0.4, -0.2) is 25.1 Å². The van der Waals surface area contributed by atoms with Gasteiger partial charge in [-0.25, -0.2) is 9.18 Å². The van der Waals surface area contributed by atoms with Crippen LogP contribution in [0.4, 0.5) is 10.1 Å². The highest BCUT2D eigenvalue weighted by molar-refractivity contribution is 6.32. The summed E-state index contributed by atoms with van der Waals surface area (Å²) in [5.41, 5.74) is 0.522. The number of para-hydroxylation sites is 2. The molecule has 2 rings (SSSR count). The van der Waals surface area contributed by atoms with Crippen molar-refractivity contribution in [2.24, 2.45) is 0 Å². The Morgan fingerprint density at radius 2 is 1.92 bits per heavy atom. The number of carbonyl (C=O) groups is 2.